The minimum Gasteiger partial charge on any atom is -0.490 e. The summed E-state index contributed by atoms with van der Waals surface area (Å²) in [6.07, 6.45) is 0. The van der Waals surface area contributed by atoms with Gasteiger partial charge in [0.05, 0.1) is 0 Å². The zero-order valence-electron chi connectivity index (χ0n) is 12.0. The Balaban J connectivity index is 2.15. The molecule has 0 aliphatic carbocycles. The van der Waals surface area contributed by atoms with Crippen LogP contribution in [-0.2, 0) is 5.60 Å². The average molecular weight is 271 g/mol. The van der Waals surface area contributed by atoms with Crippen molar-refractivity contribution >= 4 is 0 Å². The van der Waals surface area contributed by atoms with E-state index in [0.717, 1.165) is 16.9 Å². The number of hydrogen-bond acceptors (Lipinski definition) is 3. The van der Waals surface area contributed by atoms with Gasteiger partial charge >= 0.3 is 0 Å². The van der Waals surface area contributed by atoms with Crippen LogP contribution in [0.3, 0.4) is 0 Å². The predicted molar refractivity (Wildman–Crippen MR) is 80.8 cm³/mol. The van der Waals surface area contributed by atoms with Gasteiger partial charge in [0.2, 0.25) is 0 Å². The predicted octanol–water partition coefficient (Wildman–Crippen LogP) is 2.53. The summed E-state index contributed by atoms with van der Waals surface area (Å²) < 4.78 is 5.77. The van der Waals surface area contributed by atoms with Crippen LogP contribution in [0.25, 0.3) is 0 Å². The van der Waals surface area contributed by atoms with Gasteiger partial charge in [0.1, 0.15) is 18.0 Å². The number of nitrogens with two attached hydrogens (primary N) is 1. The Hall–Kier alpha value is -1.84. The van der Waals surface area contributed by atoms with E-state index in [9.17, 15) is 5.11 Å². The van der Waals surface area contributed by atoms with Gasteiger partial charge in [0, 0.05) is 6.54 Å². The molecule has 0 saturated carbocycles. The quantitative estimate of drug-likeness (QED) is 0.878. The van der Waals surface area contributed by atoms with E-state index in [0.29, 0.717) is 0 Å². The third-order valence-electron chi connectivity index (χ3n) is 3.45. The zero-order chi connectivity index (χ0) is 14.6. The molecule has 2 aromatic rings. The van der Waals surface area contributed by atoms with Crippen molar-refractivity contribution in [3.05, 3.63) is 65.2 Å². The third-order valence-corrected chi connectivity index (χ3v) is 3.45. The van der Waals surface area contributed by atoms with Gasteiger partial charge in [-0.2, -0.15) is 0 Å². The van der Waals surface area contributed by atoms with Crippen LogP contribution >= 0.6 is 0 Å². The summed E-state index contributed by atoms with van der Waals surface area (Å²) in [5, 5.41) is 10.6. The fraction of sp³-hybridized carbons (Fsp3) is 0.294. The van der Waals surface area contributed by atoms with Gasteiger partial charge in [-0.25, -0.2) is 0 Å². The zero-order valence-corrected chi connectivity index (χ0v) is 12.0. The minimum absolute atomic E-state index is 0.113. The lowest BCUT2D eigenvalue weighted by molar-refractivity contribution is -0.00163. The molecule has 3 N–H and O–H groups in total. The van der Waals surface area contributed by atoms with Gasteiger partial charge in [0.25, 0.3) is 0 Å². The molecular formula is C17H21NO2. The Morgan fingerprint density at radius 2 is 1.80 bits per heavy atom. The molecule has 0 saturated heterocycles. The van der Waals surface area contributed by atoms with Crippen molar-refractivity contribution < 1.29 is 9.84 Å². The second-order valence-corrected chi connectivity index (χ2v) is 5.16. The fourth-order valence-corrected chi connectivity index (χ4v) is 2.17. The minimum atomic E-state index is -1.17. The lowest BCUT2D eigenvalue weighted by atomic mass is 9.95. The van der Waals surface area contributed by atoms with Crippen LogP contribution in [0.4, 0.5) is 0 Å². The fourth-order valence-electron chi connectivity index (χ4n) is 2.17. The molecule has 20 heavy (non-hydrogen) atoms. The Kier molecular flexibility index (Phi) is 4.42. The summed E-state index contributed by atoms with van der Waals surface area (Å²) in [7, 11) is 0. The van der Waals surface area contributed by atoms with Crippen LogP contribution in [0.1, 0.15) is 16.7 Å². The summed E-state index contributed by atoms with van der Waals surface area (Å²) in [6.45, 7) is 4.28. The summed E-state index contributed by atoms with van der Waals surface area (Å²) >= 11 is 0. The largest absolute Gasteiger partial charge is 0.490 e. The number of aryl methyl sites for hydroxylation is 2. The molecule has 0 aliphatic heterocycles. The molecule has 0 spiro atoms. The second kappa shape index (κ2) is 6.07. The van der Waals surface area contributed by atoms with Gasteiger partial charge < -0.3 is 15.6 Å². The molecule has 0 bridgehead atoms. The maximum atomic E-state index is 10.6. The van der Waals surface area contributed by atoms with Crippen LogP contribution in [0.15, 0.2) is 48.5 Å². The van der Waals surface area contributed by atoms with Crippen molar-refractivity contribution in [2.24, 2.45) is 5.73 Å². The van der Waals surface area contributed by atoms with E-state index >= 15 is 0 Å². The first-order valence-electron chi connectivity index (χ1n) is 6.73. The van der Waals surface area contributed by atoms with E-state index in [1.807, 2.05) is 56.3 Å². The molecular weight excluding hydrogens is 250 g/mol. The maximum absolute atomic E-state index is 10.6. The molecule has 2 rings (SSSR count). The monoisotopic (exact) mass is 271 g/mol. The number of aliphatic hydroxyl groups is 1. The number of ether oxygens (including phenoxy) is 1. The number of benzene rings is 2. The van der Waals surface area contributed by atoms with Gasteiger partial charge in [-0.3, -0.25) is 0 Å². The van der Waals surface area contributed by atoms with Crippen LogP contribution < -0.4 is 10.5 Å². The molecule has 3 heteroatoms. The molecule has 3 nitrogen and oxygen atoms in total. The summed E-state index contributed by atoms with van der Waals surface area (Å²) in [4.78, 5) is 0. The molecule has 0 heterocycles. The highest BCUT2D eigenvalue weighted by Gasteiger charge is 2.28. The SMILES string of the molecule is Cc1ccc(OCC(O)(CN)c2ccccc2)c(C)c1. The Morgan fingerprint density at radius 1 is 1.10 bits per heavy atom. The molecule has 0 aliphatic rings. The highest BCUT2D eigenvalue weighted by Crippen LogP contribution is 2.24. The molecule has 106 valence electrons. The third kappa shape index (κ3) is 3.18. The van der Waals surface area contributed by atoms with Gasteiger partial charge in [-0.05, 0) is 31.0 Å². The highest BCUT2D eigenvalue weighted by molar-refractivity contribution is 5.36. The highest BCUT2D eigenvalue weighted by atomic mass is 16.5. The van der Waals surface area contributed by atoms with E-state index in [2.05, 4.69) is 6.07 Å². The standard InChI is InChI=1S/C17H21NO2/c1-13-8-9-16(14(2)10-13)20-12-17(19,11-18)15-6-4-3-5-7-15/h3-10,19H,11-12,18H2,1-2H3. The first-order chi connectivity index (χ1) is 9.55. The summed E-state index contributed by atoms with van der Waals surface area (Å²) in [5.74, 6) is 0.776. The van der Waals surface area contributed by atoms with Crippen LogP contribution in [0.2, 0.25) is 0 Å². The lowest BCUT2D eigenvalue weighted by Crippen LogP contribution is -2.40. The topological polar surface area (TPSA) is 55.5 Å². The van der Waals surface area contributed by atoms with Crippen molar-refractivity contribution in [1.29, 1.82) is 0 Å². The molecule has 1 atom stereocenters. The summed E-state index contributed by atoms with van der Waals surface area (Å²) in [6, 6.07) is 15.4. The van der Waals surface area contributed by atoms with Crippen molar-refractivity contribution in [2.75, 3.05) is 13.2 Å². The van der Waals surface area contributed by atoms with Crippen LogP contribution in [-0.4, -0.2) is 18.3 Å². The van der Waals surface area contributed by atoms with Crippen molar-refractivity contribution in [3.8, 4) is 5.75 Å². The molecule has 1 unspecified atom stereocenters. The van der Waals surface area contributed by atoms with E-state index in [1.54, 1.807) is 0 Å². The van der Waals surface area contributed by atoms with Crippen molar-refractivity contribution in [3.63, 3.8) is 0 Å². The molecule has 0 fully saturated rings. The van der Waals surface area contributed by atoms with Crippen molar-refractivity contribution in [1.82, 2.24) is 0 Å². The Labute approximate surface area is 120 Å². The van der Waals surface area contributed by atoms with Crippen LogP contribution in [0.5, 0.6) is 5.75 Å². The second-order valence-electron chi connectivity index (χ2n) is 5.16. The maximum Gasteiger partial charge on any atom is 0.136 e. The van der Waals surface area contributed by atoms with E-state index < -0.39 is 5.60 Å². The first kappa shape index (κ1) is 14.6. The van der Waals surface area contributed by atoms with E-state index in [1.165, 1.54) is 5.56 Å². The Bertz CT molecular complexity index is 568. The molecule has 0 amide bonds. The molecule has 0 aromatic heterocycles. The average Bonchev–Trinajstić information content (AvgIpc) is 2.47. The Morgan fingerprint density at radius 3 is 2.40 bits per heavy atom. The smallest absolute Gasteiger partial charge is 0.136 e. The molecule has 0 radical (unpaired) electrons. The van der Waals surface area contributed by atoms with Gasteiger partial charge in [0.15, 0.2) is 0 Å². The van der Waals surface area contributed by atoms with E-state index in [-0.39, 0.29) is 13.2 Å². The first-order valence-corrected chi connectivity index (χ1v) is 6.73. The lowest BCUT2D eigenvalue weighted by Gasteiger charge is -2.27. The van der Waals surface area contributed by atoms with Gasteiger partial charge in [-0.15, -0.1) is 0 Å². The van der Waals surface area contributed by atoms with Crippen molar-refractivity contribution in [2.45, 2.75) is 19.4 Å². The number of hydrogen-bond donors (Lipinski definition) is 2. The number of rotatable bonds is 5. The summed E-state index contributed by atoms with van der Waals surface area (Å²) in [5.41, 5.74) is 7.58. The van der Waals surface area contributed by atoms with E-state index in [4.69, 9.17) is 10.5 Å². The van der Waals surface area contributed by atoms with Gasteiger partial charge in [-0.1, -0.05) is 48.0 Å². The molecule has 2 aromatic carbocycles. The van der Waals surface area contributed by atoms with Crippen LogP contribution in [0, 0.1) is 13.8 Å². The normalized spacial score (nSPS) is 13.8.